The third kappa shape index (κ3) is 1.48. The number of aromatic nitrogens is 1. The number of hydrogen-bond donors (Lipinski definition) is 0. The highest BCUT2D eigenvalue weighted by Gasteiger charge is 2.63. The first-order chi connectivity index (χ1) is 9.75. The van der Waals surface area contributed by atoms with Gasteiger partial charge in [0, 0.05) is 17.8 Å². The average Bonchev–Trinajstić information content (AvgIpc) is 3.15. The van der Waals surface area contributed by atoms with Gasteiger partial charge in [-0.25, -0.2) is 0 Å². The Morgan fingerprint density at radius 3 is 2.75 bits per heavy atom. The number of aryl methyl sites for hydroxylation is 1. The van der Waals surface area contributed by atoms with Gasteiger partial charge >= 0.3 is 0 Å². The zero-order valence-corrected chi connectivity index (χ0v) is 12.0. The fourth-order valence-electron chi connectivity index (χ4n) is 4.24. The summed E-state index contributed by atoms with van der Waals surface area (Å²) in [5.74, 6) is 2.39. The molecule has 2 nitrogen and oxygen atoms in total. The summed E-state index contributed by atoms with van der Waals surface area (Å²) in [4.78, 5) is 4.16. The van der Waals surface area contributed by atoms with Crippen molar-refractivity contribution in [1.29, 1.82) is 0 Å². The molecule has 1 fully saturated rings. The van der Waals surface area contributed by atoms with Crippen LogP contribution >= 0.6 is 0 Å². The minimum Gasteiger partial charge on any atom is -0.497 e. The molecular formula is C18H19NO. The number of ether oxygens (including phenoxy) is 1. The van der Waals surface area contributed by atoms with Crippen molar-refractivity contribution in [2.24, 2.45) is 5.92 Å². The third-order valence-electron chi connectivity index (χ3n) is 5.42. The summed E-state index contributed by atoms with van der Waals surface area (Å²) in [5, 5.41) is 0. The lowest BCUT2D eigenvalue weighted by molar-refractivity contribution is 0.413. The van der Waals surface area contributed by atoms with Gasteiger partial charge in [-0.05, 0) is 65.6 Å². The number of pyridine rings is 1. The summed E-state index contributed by atoms with van der Waals surface area (Å²) < 4.78 is 5.41. The van der Waals surface area contributed by atoms with Gasteiger partial charge in [-0.15, -0.1) is 0 Å². The van der Waals surface area contributed by atoms with Crippen LogP contribution in [0.4, 0.5) is 0 Å². The molecule has 2 aliphatic rings. The molecule has 4 rings (SSSR count). The molecule has 2 aromatic rings. The van der Waals surface area contributed by atoms with E-state index in [9.17, 15) is 0 Å². The third-order valence-corrected chi connectivity index (χ3v) is 5.42. The van der Waals surface area contributed by atoms with Gasteiger partial charge in [0.25, 0.3) is 0 Å². The van der Waals surface area contributed by atoms with E-state index in [4.69, 9.17) is 4.74 Å². The van der Waals surface area contributed by atoms with Gasteiger partial charge in [-0.2, -0.15) is 0 Å². The van der Waals surface area contributed by atoms with Crippen molar-refractivity contribution < 1.29 is 4.74 Å². The van der Waals surface area contributed by atoms with Crippen LogP contribution in [0.25, 0.3) is 0 Å². The van der Waals surface area contributed by atoms with Crippen LogP contribution in [0.15, 0.2) is 42.7 Å². The van der Waals surface area contributed by atoms with Crippen molar-refractivity contribution in [3.05, 3.63) is 59.4 Å². The maximum absolute atomic E-state index is 5.41. The van der Waals surface area contributed by atoms with Crippen molar-refractivity contribution in [3.8, 4) is 5.75 Å². The second-order valence-electron chi connectivity index (χ2n) is 6.21. The Morgan fingerprint density at radius 1 is 1.20 bits per heavy atom. The first kappa shape index (κ1) is 12.0. The SMILES string of the molecule is COc1ccc2c(c1)C1C(CC2)C1(C)c1ccncc1. The summed E-state index contributed by atoms with van der Waals surface area (Å²) in [5.41, 5.74) is 4.71. The molecule has 0 amide bonds. The molecule has 0 spiro atoms. The van der Waals surface area contributed by atoms with Gasteiger partial charge < -0.3 is 4.74 Å². The Balaban J connectivity index is 1.79. The van der Waals surface area contributed by atoms with Crippen LogP contribution < -0.4 is 4.74 Å². The summed E-state index contributed by atoms with van der Waals surface area (Å²) in [6.07, 6.45) is 6.32. The number of fused-ring (bicyclic) bond motifs is 3. The van der Waals surface area contributed by atoms with E-state index >= 15 is 0 Å². The van der Waals surface area contributed by atoms with Gasteiger partial charge in [0.05, 0.1) is 7.11 Å². The van der Waals surface area contributed by atoms with E-state index in [1.807, 2.05) is 12.4 Å². The van der Waals surface area contributed by atoms with Gasteiger partial charge in [0.1, 0.15) is 5.75 Å². The van der Waals surface area contributed by atoms with Crippen LogP contribution in [0.3, 0.4) is 0 Å². The Bertz CT molecular complexity index is 652. The molecule has 1 aromatic carbocycles. The van der Waals surface area contributed by atoms with Gasteiger partial charge in [0.15, 0.2) is 0 Å². The van der Waals surface area contributed by atoms with Gasteiger partial charge in [-0.3, -0.25) is 4.98 Å². The molecule has 0 saturated heterocycles. The van der Waals surface area contributed by atoms with E-state index in [1.54, 1.807) is 7.11 Å². The lowest BCUT2D eigenvalue weighted by Crippen LogP contribution is -2.05. The average molecular weight is 265 g/mol. The summed E-state index contributed by atoms with van der Waals surface area (Å²) in [7, 11) is 1.75. The minimum absolute atomic E-state index is 0.278. The number of nitrogens with zero attached hydrogens (tertiary/aromatic N) is 1. The molecule has 1 saturated carbocycles. The Morgan fingerprint density at radius 2 is 2.00 bits per heavy atom. The predicted octanol–water partition coefficient (Wildman–Crippen LogP) is 3.71. The number of benzene rings is 1. The lowest BCUT2D eigenvalue weighted by Gasteiger charge is -2.16. The van der Waals surface area contributed by atoms with E-state index in [2.05, 4.69) is 42.2 Å². The van der Waals surface area contributed by atoms with Crippen molar-refractivity contribution in [3.63, 3.8) is 0 Å². The second-order valence-corrected chi connectivity index (χ2v) is 6.21. The van der Waals surface area contributed by atoms with E-state index in [0.717, 1.165) is 11.7 Å². The van der Waals surface area contributed by atoms with Crippen LogP contribution in [-0.2, 0) is 11.8 Å². The molecule has 102 valence electrons. The topological polar surface area (TPSA) is 22.1 Å². The van der Waals surface area contributed by atoms with Crippen LogP contribution in [0.1, 0.15) is 36.0 Å². The highest BCUT2D eigenvalue weighted by Crippen LogP contribution is 2.69. The highest BCUT2D eigenvalue weighted by atomic mass is 16.5. The fraction of sp³-hybridized carbons (Fsp3) is 0.389. The molecule has 20 heavy (non-hydrogen) atoms. The molecule has 2 aliphatic carbocycles. The highest BCUT2D eigenvalue weighted by molar-refractivity contribution is 5.51. The second kappa shape index (κ2) is 4.08. The molecule has 0 N–H and O–H groups in total. The zero-order chi connectivity index (χ0) is 13.7. The number of rotatable bonds is 2. The molecule has 0 bridgehead atoms. The molecule has 0 aliphatic heterocycles. The van der Waals surface area contributed by atoms with Crippen LogP contribution in [-0.4, -0.2) is 12.1 Å². The van der Waals surface area contributed by atoms with Crippen LogP contribution in [0, 0.1) is 5.92 Å². The first-order valence-electron chi connectivity index (χ1n) is 7.32. The maximum Gasteiger partial charge on any atom is 0.119 e. The summed E-state index contributed by atoms with van der Waals surface area (Å²) in [6.45, 7) is 2.41. The molecule has 3 unspecified atom stereocenters. The Kier molecular flexibility index (Phi) is 2.44. The molecule has 1 heterocycles. The molecule has 2 heteroatoms. The van der Waals surface area contributed by atoms with E-state index in [0.29, 0.717) is 5.92 Å². The predicted molar refractivity (Wildman–Crippen MR) is 79.1 cm³/mol. The van der Waals surface area contributed by atoms with E-state index in [1.165, 1.54) is 29.5 Å². The molecule has 1 aromatic heterocycles. The van der Waals surface area contributed by atoms with Crippen molar-refractivity contribution in [2.45, 2.75) is 31.1 Å². The summed E-state index contributed by atoms with van der Waals surface area (Å²) >= 11 is 0. The minimum atomic E-state index is 0.278. The maximum atomic E-state index is 5.41. The lowest BCUT2D eigenvalue weighted by atomic mass is 9.90. The van der Waals surface area contributed by atoms with E-state index in [-0.39, 0.29) is 5.41 Å². The van der Waals surface area contributed by atoms with Crippen LogP contribution in [0.5, 0.6) is 5.75 Å². The van der Waals surface area contributed by atoms with E-state index < -0.39 is 0 Å². The monoisotopic (exact) mass is 265 g/mol. The Hall–Kier alpha value is -1.83. The molecular weight excluding hydrogens is 246 g/mol. The molecule has 3 atom stereocenters. The first-order valence-corrected chi connectivity index (χ1v) is 7.32. The molecule has 0 radical (unpaired) electrons. The normalized spacial score (nSPS) is 30.3. The largest absolute Gasteiger partial charge is 0.497 e. The summed E-state index contributed by atoms with van der Waals surface area (Å²) in [6, 6.07) is 10.9. The fourth-order valence-corrected chi connectivity index (χ4v) is 4.24. The standard InChI is InChI=1S/C18H19NO/c1-18(13-7-9-19-10-8-13)16-6-4-12-3-5-14(20-2)11-15(12)17(16)18/h3,5,7-11,16-17H,4,6H2,1-2H3. The van der Waals surface area contributed by atoms with Crippen LogP contribution in [0.2, 0.25) is 0 Å². The number of hydrogen-bond acceptors (Lipinski definition) is 2. The van der Waals surface area contributed by atoms with Crippen molar-refractivity contribution >= 4 is 0 Å². The van der Waals surface area contributed by atoms with Gasteiger partial charge in [-0.1, -0.05) is 13.0 Å². The zero-order valence-electron chi connectivity index (χ0n) is 12.0. The quantitative estimate of drug-likeness (QED) is 0.826. The van der Waals surface area contributed by atoms with Crippen molar-refractivity contribution in [1.82, 2.24) is 4.98 Å². The van der Waals surface area contributed by atoms with Crippen molar-refractivity contribution in [2.75, 3.05) is 7.11 Å². The number of methoxy groups -OCH3 is 1. The Labute approximate surface area is 119 Å². The van der Waals surface area contributed by atoms with Gasteiger partial charge in [0.2, 0.25) is 0 Å². The smallest absolute Gasteiger partial charge is 0.119 e.